The third-order valence-corrected chi connectivity index (χ3v) is 4.21. The monoisotopic (exact) mass is 137 g/mol. The van der Waals surface area contributed by atoms with Gasteiger partial charge in [-0.1, -0.05) is 0 Å². The van der Waals surface area contributed by atoms with Gasteiger partial charge in [0, 0.05) is 0 Å². The van der Waals surface area contributed by atoms with Crippen molar-refractivity contribution in [2.24, 2.45) is 28.9 Å². The molecule has 1 heteroatoms. The van der Waals surface area contributed by atoms with Gasteiger partial charge < -0.3 is 5.73 Å². The fraction of sp³-hybridized carbons (Fsp3) is 1.00. The Bertz CT molecular complexity index is 178. The molecule has 0 radical (unpaired) electrons. The fourth-order valence-corrected chi connectivity index (χ4v) is 3.39. The first-order valence-electron chi connectivity index (χ1n) is 4.57. The number of nitrogens with two attached hydrogens (primary N) is 1. The van der Waals surface area contributed by atoms with Crippen molar-refractivity contribution in [1.29, 1.82) is 0 Å². The molecule has 0 aliphatic heterocycles. The molecule has 0 amide bonds. The molecule has 3 aliphatic rings. The van der Waals surface area contributed by atoms with E-state index >= 15 is 0 Å². The lowest BCUT2D eigenvalue weighted by atomic mass is 9.97. The summed E-state index contributed by atoms with van der Waals surface area (Å²) >= 11 is 0. The summed E-state index contributed by atoms with van der Waals surface area (Å²) in [5.74, 6) is 3.22. The van der Waals surface area contributed by atoms with E-state index in [9.17, 15) is 0 Å². The Kier molecular flexibility index (Phi) is 0.797. The van der Waals surface area contributed by atoms with Crippen molar-refractivity contribution < 1.29 is 0 Å². The van der Waals surface area contributed by atoms with Crippen molar-refractivity contribution in [1.82, 2.24) is 0 Å². The lowest BCUT2D eigenvalue weighted by molar-refractivity contribution is 0.412. The van der Waals surface area contributed by atoms with Crippen LogP contribution < -0.4 is 5.73 Å². The average Bonchev–Trinajstić information content (AvgIpc) is 2.73. The molecule has 0 bridgehead atoms. The van der Waals surface area contributed by atoms with Crippen LogP contribution >= 0.6 is 0 Å². The van der Waals surface area contributed by atoms with E-state index in [1.54, 1.807) is 6.42 Å². The molecule has 0 saturated heterocycles. The van der Waals surface area contributed by atoms with Gasteiger partial charge in [-0.25, -0.2) is 0 Å². The summed E-state index contributed by atoms with van der Waals surface area (Å²) in [5.41, 5.74) is 6.49. The van der Waals surface area contributed by atoms with Crippen LogP contribution in [0, 0.1) is 23.2 Å². The summed E-state index contributed by atoms with van der Waals surface area (Å²) < 4.78 is 0. The molecule has 4 unspecified atom stereocenters. The van der Waals surface area contributed by atoms with Crippen molar-refractivity contribution >= 4 is 0 Å². The van der Waals surface area contributed by atoms with Crippen molar-refractivity contribution in [3.05, 3.63) is 0 Å². The first-order chi connectivity index (χ1) is 4.87. The van der Waals surface area contributed by atoms with Gasteiger partial charge in [-0.2, -0.15) is 0 Å². The quantitative estimate of drug-likeness (QED) is 0.580. The van der Waals surface area contributed by atoms with E-state index in [4.69, 9.17) is 5.73 Å². The highest BCUT2D eigenvalue weighted by atomic mass is 14.8. The molecule has 0 heterocycles. The molecule has 1 spiro atoms. The Morgan fingerprint density at radius 3 is 2.80 bits per heavy atom. The minimum absolute atomic E-state index is 0.819. The lowest BCUT2D eigenvalue weighted by Crippen LogP contribution is -2.10. The van der Waals surface area contributed by atoms with Crippen LogP contribution in [0.3, 0.4) is 0 Å². The maximum absolute atomic E-state index is 5.67. The van der Waals surface area contributed by atoms with E-state index in [2.05, 4.69) is 0 Å². The third kappa shape index (κ3) is 0.460. The van der Waals surface area contributed by atoms with Gasteiger partial charge in [0.05, 0.1) is 0 Å². The van der Waals surface area contributed by atoms with Gasteiger partial charge >= 0.3 is 0 Å². The highest BCUT2D eigenvalue weighted by molar-refractivity contribution is 5.17. The van der Waals surface area contributed by atoms with Crippen molar-refractivity contribution in [2.45, 2.75) is 25.7 Å². The summed E-state index contributed by atoms with van der Waals surface area (Å²) in [7, 11) is 0. The molecule has 56 valence electrons. The topological polar surface area (TPSA) is 26.0 Å². The molecular formula is C9H15N. The summed E-state index contributed by atoms with van der Waals surface area (Å²) in [4.78, 5) is 0. The molecular weight excluding hydrogens is 122 g/mol. The molecule has 0 aromatic carbocycles. The van der Waals surface area contributed by atoms with Crippen molar-refractivity contribution in [3.8, 4) is 0 Å². The molecule has 3 rings (SSSR count). The number of hydrogen-bond acceptors (Lipinski definition) is 1. The molecule has 3 aliphatic carbocycles. The zero-order valence-corrected chi connectivity index (χ0v) is 6.34. The van der Waals surface area contributed by atoms with Gasteiger partial charge in [-0.15, -0.1) is 0 Å². The molecule has 3 fully saturated rings. The van der Waals surface area contributed by atoms with Crippen LogP contribution in [0.25, 0.3) is 0 Å². The van der Waals surface area contributed by atoms with Crippen LogP contribution in [0.15, 0.2) is 0 Å². The highest BCUT2D eigenvalue weighted by Gasteiger charge is 2.68. The second-order valence-electron chi connectivity index (χ2n) is 4.51. The van der Waals surface area contributed by atoms with Gasteiger partial charge in [0.15, 0.2) is 0 Å². The Hall–Kier alpha value is -0.0400. The van der Waals surface area contributed by atoms with Crippen molar-refractivity contribution in [2.75, 3.05) is 6.54 Å². The molecule has 10 heavy (non-hydrogen) atoms. The second-order valence-corrected chi connectivity index (χ2v) is 4.51. The van der Waals surface area contributed by atoms with Gasteiger partial charge in [0.25, 0.3) is 0 Å². The first-order valence-corrected chi connectivity index (χ1v) is 4.57. The van der Waals surface area contributed by atoms with E-state index < -0.39 is 0 Å². The van der Waals surface area contributed by atoms with E-state index in [0.717, 1.165) is 29.7 Å². The van der Waals surface area contributed by atoms with Crippen LogP contribution in [0.5, 0.6) is 0 Å². The van der Waals surface area contributed by atoms with Gasteiger partial charge in [-0.3, -0.25) is 0 Å². The van der Waals surface area contributed by atoms with Gasteiger partial charge in [-0.05, 0) is 55.4 Å². The van der Waals surface area contributed by atoms with Crippen molar-refractivity contribution in [3.63, 3.8) is 0 Å². The van der Waals surface area contributed by atoms with Crippen LogP contribution in [-0.4, -0.2) is 6.54 Å². The number of rotatable bonds is 1. The first kappa shape index (κ1) is 5.59. The summed E-state index contributed by atoms with van der Waals surface area (Å²) in [6.07, 6.45) is 6.08. The standard InChI is InChI=1S/C9H15N/c10-5-7-4-9(7)2-1-6-3-8(6)9/h6-8H,1-5,10H2. The highest BCUT2D eigenvalue weighted by Crippen LogP contribution is 2.75. The number of hydrogen-bond donors (Lipinski definition) is 1. The Balaban J connectivity index is 1.82. The molecule has 2 N–H and O–H groups in total. The fourth-order valence-electron chi connectivity index (χ4n) is 3.39. The summed E-state index contributed by atoms with van der Waals surface area (Å²) in [6, 6.07) is 0. The maximum atomic E-state index is 5.67. The van der Waals surface area contributed by atoms with E-state index in [1.807, 2.05) is 0 Å². The van der Waals surface area contributed by atoms with Gasteiger partial charge in [0.2, 0.25) is 0 Å². The van der Waals surface area contributed by atoms with E-state index in [1.165, 1.54) is 19.3 Å². The smallest absolute Gasteiger partial charge is 0.00432 e. The minimum atomic E-state index is 0.819. The zero-order valence-electron chi connectivity index (χ0n) is 6.34. The van der Waals surface area contributed by atoms with Crippen LogP contribution in [0.4, 0.5) is 0 Å². The predicted molar refractivity (Wildman–Crippen MR) is 40.4 cm³/mol. The molecule has 0 aromatic heterocycles. The van der Waals surface area contributed by atoms with Crippen LogP contribution in [0.2, 0.25) is 0 Å². The number of fused-ring (bicyclic) bond motifs is 2. The lowest BCUT2D eigenvalue weighted by Gasteiger charge is -2.08. The average molecular weight is 137 g/mol. The molecule has 4 atom stereocenters. The second kappa shape index (κ2) is 1.42. The Labute approximate surface area is 62.0 Å². The molecule has 3 saturated carbocycles. The summed E-state index contributed by atoms with van der Waals surface area (Å²) in [6.45, 7) is 0.962. The third-order valence-electron chi connectivity index (χ3n) is 4.21. The van der Waals surface area contributed by atoms with E-state index in [0.29, 0.717) is 0 Å². The SMILES string of the molecule is NCC1CC12CCC1CC12. The predicted octanol–water partition coefficient (Wildman–Crippen LogP) is 1.38. The summed E-state index contributed by atoms with van der Waals surface area (Å²) in [5, 5.41) is 0. The zero-order chi connectivity index (χ0) is 6.77. The Morgan fingerprint density at radius 2 is 2.40 bits per heavy atom. The normalized spacial score (nSPS) is 62.7. The largest absolute Gasteiger partial charge is 0.330 e. The van der Waals surface area contributed by atoms with Crippen LogP contribution in [0.1, 0.15) is 25.7 Å². The molecule has 0 aromatic rings. The van der Waals surface area contributed by atoms with E-state index in [-0.39, 0.29) is 0 Å². The Morgan fingerprint density at radius 1 is 1.50 bits per heavy atom. The van der Waals surface area contributed by atoms with Crippen LogP contribution in [-0.2, 0) is 0 Å². The van der Waals surface area contributed by atoms with Gasteiger partial charge in [0.1, 0.15) is 0 Å². The maximum Gasteiger partial charge on any atom is -0.00432 e. The molecule has 1 nitrogen and oxygen atoms in total. The minimum Gasteiger partial charge on any atom is -0.330 e.